The summed E-state index contributed by atoms with van der Waals surface area (Å²) in [6, 6.07) is 3.44. The largest absolute Gasteiger partial charge is 0.375 e. The van der Waals surface area contributed by atoms with Gasteiger partial charge < -0.3 is 19.7 Å². The topological polar surface area (TPSA) is 80.8 Å². The lowest BCUT2D eigenvalue weighted by Crippen LogP contribution is -2.51. The van der Waals surface area contributed by atoms with E-state index in [2.05, 4.69) is 10.3 Å². The third kappa shape index (κ3) is 5.52. The number of carbonyl (C=O) groups excluding carboxylic acids is 2. The molecule has 2 amide bonds. The van der Waals surface area contributed by atoms with Gasteiger partial charge in [0.2, 0.25) is 5.91 Å². The van der Waals surface area contributed by atoms with Crippen LogP contribution in [0, 0.1) is 5.92 Å². The van der Waals surface area contributed by atoms with Crippen molar-refractivity contribution in [3.05, 3.63) is 30.1 Å². The van der Waals surface area contributed by atoms with E-state index in [4.69, 9.17) is 9.47 Å². The maximum atomic E-state index is 12.1. The number of carbonyl (C=O) groups is 2. The minimum atomic E-state index is -0.111. The van der Waals surface area contributed by atoms with Crippen molar-refractivity contribution in [2.75, 3.05) is 39.5 Å². The first-order valence-electron chi connectivity index (χ1n) is 10.3. The van der Waals surface area contributed by atoms with Gasteiger partial charge in [0.15, 0.2) is 0 Å². The number of rotatable bonds is 7. The highest BCUT2D eigenvalue weighted by molar-refractivity contribution is 5.93. The molecule has 0 radical (unpaired) electrons. The molecule has 1 unspecified atom stereocenters. The quantitative estimate of drug-likeness (QED) is 0.772. The molecule has 2 aliphatic rings. The van der Waals surface area contributed by atoms with Crippen LogP contribution >= 0.6 is 0 Å². The van der Waals surface area contributed by atoms with Crippen molar-refractivity contribution >= 4 is 11.8 Å². The van der Waals surface area contributed by atoms with E-state index in [9.17, 15) is 9.59 Å². The summed E-state index contributed by atoms with van der Waals surface area (Å²) in [5.41, 5.74) is 0.531. The molecular weight excluding hydrogens is 358 g/mol. The summed E-state index contributed by atoms with van der Waals surface area (Å²) in [5.74, 6) is 0.561. The minimum Gasteiger partial charge on any atom is -0.375 e. The van der Waals surface area contributed by atoms with Gasteiger partial charge in [-0.2, -0.15) is 0 Å². The zero-order chi connectivity index (χ0) is 19.8. The van der Waals surface area contributed by atoms with Gasteiger partial charge in [-0.25, -0.2) is 0 Å². The summed E-state index contributed by atoms with van der Waals surface area (Å²) < 4.78 is 11.4. The van der Waals surface area contributed by atoms with Crippen LogP contribution in [0.3, 0.4) is 0 Å². The lowest BCUT2D eigenvalue weighted by atomic mass is 9.78. The fourth-order valence-corrected chi connectivity index (χ4v) is 4.16. The van der Waals surface area contributed by atoms with Gasteiger partial charge in [-0.1, -0.05) is 0 Å². The van der Waals surface area contributed by atoms with Crippen molar-refractivity contribution in [1.82, 2.24) is 15.2 Å². The second-order valence-electron chi connectivity index (χ2n) is 7.69. The summed E-state index contributed by atoms with van der Waals surface area (Å²) in [6.45, 7) is 5.52. The molecule has 7 nitrogen and oxygen atoms in total. The van der Waals surface area contributed by atoms with Crippen molar-refractivity contribution < 1.29 is 19.1 Å². The van der Waals surface area contributed by atoms with Gasteiger partial charge in [0, 0.05) is 50.8 Å². The summed E-state index contributed by atoms with van der Waals surface area (Å²) in [6.07, 6.45) is 8.00. The fraction of sp³-hybridized carbons (Fsp3) is 0.667. The minimum absolute atomic E-state index is 0.0507. The van der Waals surface area contributed by atoms with Gasteiger partial charge in [0.05, 0.1) is 5.60 Å². The SMILES string of the molecule is CCOCC(=O)N1CCC2(CC1)CC(CCNC(=O)c1ccncc1)CCO2. The maximum Gasteiger partial charge on any atom is 0.251 e. The highest BCUT2D eigenvalue weighted by Gasteiger charge is 2.40. The summed E-state index contributed by atoms with van der Waals surface area (Å²) in [7, 11) is 0. The number of pyridine rings is 1. The molecule has 1 aromatic heterocycles. The Hall–Kier alpha value is -1.99. The second-order valence-corrected chi connectivity index (χ2v) is 7.69. The van der Waals surface area contributed by atoms with E-state index in [0.717, 1.165) is 51.8 Å². The number of nitrogens with zero attached hydrogens (tertiary/aromatic N) is 2. The monoisotopic (exact) mass is 389 g/mol. The number of hydrogen-bond donors (Lipinski definition) is 1. The Morgan fingerprint density at radius 3 is 2.79 bits per heavy atom. The number of likely N-dealkylation sites (tertiary alicyclic amines) is 1. The number of ether oxygens (including phenoxy) is 2. The van der Waals surface area contributed by atoms with E-state index in [0.29, 0.717) is 24.6 Å². The van der Waals surface area contributed by atoms with Gasteiger partial charge in [0.25, 0.3) is 5.91 Å². The van der Waals surface area contributed by atoms with Crippen molar-refractivity contribution in [3.63, 3.8) is 0 Å². The van der Waals surface area contributed by atoms with E-state index in [1.807, 2.05) is 11.8 Å². The van der Waals surface area contributed by atoms with E-state index in [1.54, 1.807) is 24.5 Å². The first kappa shape index (κ1) is 20.7. The predicted octanol–water partition coefficient (Wildman–Crippen LogP) is 2.03. The first-order valence-corrected chi connectivity index (χ1v) is 10.3. The van der Waals surface area contributed by atoms with Gasteiger partial charge in [0.1, 0.15) is 6.61 Å². The molecule has 0 aliphatic carbocycles. The molecule has 28 heavy (non-hydrogen) atoms. The van der Waals surface area contributed by atoms with Crippen LogP contribution in [0.25, 0.3) is 0 Å². The van der Waals surface area contributed by atoms with E-state index in [1.165, 1.54) is 0 Å². The summed E-state index contributed by atoms with van der Waals surface area (Å²) in [5, 5.41) is 3.00. The molecular formula is C21H31N3O4. The van der Waals surface area contributed by atoms with Gasteiger partial charge in [-0.05, 0) is 57.1 Å². The average molecular weight is 389 g/mol. The number of nitrogens with one attached hydrogen (secondary N) is 1. The molecule has 0 bridgehead atoms. The normalized spacial score (nSPS) is 21.5. The molecule has 7 heteroatoms. The fourth-order valence-electron chi connectivity index (χ4n) is 4.16. The van der Waals surface area contributed by atoms with Crippen LogP contribution in [-0.2, 0) is 14.3 Å². The van der Waals surface area contributed by atoms with Crippen molar-refractivity contribution in [3.8, 4) is 0 Å². The van der Waals surface area contributed by atoms with Crippen LogP contribution in [-0.4, -0.2) is 66.8 Å². The molecule has 3 rings (SSSR count). The van der Waals surface area contributed by atoms with Crippen LogP contribution in [0.15, 0.2) is 24.5 Å². The van der Waals surface area contributed by atoms with Gasteiger partial charge in [-0.3, -0.25) is 14.6 Å². The zero-order valence-corrected chi connectivity index (χ0v) is 16.7. The van der Waals surface area contributed by atoms with E-state index < -0.39 is 0 Å². The standard InChI is InChI=1S/C21H31N3O4/c1-2-27-16-19(25)24-12-7-21(8-13-24)15-17(6-14-28-21)3-11-23-20(26)18-4-9-22-10-5-18/h4-5,9-10,17H,2-3,6-8,11-16H2,1H3,(H,23,26). The first-order chi connectivity index (χ1) is 13.6. The van der Waals surface area contributed by atoms with Crippen molar-refractivity contribution in [1.29, 1.82) is 0 Å². The van der Waals surface area contributed by atoms with Crippen LogP contribution in [0.4, 0.5) is 0 Å². The molecule has 2 saturated heterocycles. The lowest BCUT2D eigenvalue weighted by molar-refractivity contribution is -0.150. The lowest BCUT2D eigenvalue weighted by Gasteiger charge is -2.46. The Labute approximate surface area is 166 Å². The molecule has 2 aliphatic heterocycles. The average Bonchev–Trinajstić information content (AvgIpc) is 2.73. The Morgan fingerprint density at radius 2 is 2.07 bits per heavy atom. The number of amides is 2. The molecule has 1 spiro atoms. The highest BCUT2D eigenvalue weighted by atomic mass is 16.5. The van der Waals surface area contributed by atoms with Crippen LogP contribution < -0.4 is 5.32 Å². The Kier molecular flexibility index (Phi) is 7.39. The number of piperidine rings is 1. The molecule has 1 N–H and O–H groups in total. The Morgan fingerprint density at radius 1 is 1.32 bits per heavy atom. The number of hydrogen-bond acceptors (Lipinski definition) is 5. The Balaban J connectivity index is 1.42. The van der Waals surface area contributed by atoms with Crippen molar-refractivity contribution in [2.24, 2.45) is 5.92 Å². The second kappa shape index (κ2) is 9.98. The van der Waals surface area contributed by atoms with E-state index >= 15 is 0 Å². The molecule has 1 aromatic rings. The van der Waals surface area contributed by atoms with Gasteiger partial charge in [-0.15, -0.1) is 0 Å². The van der Waals surface area contributed by atoms with Crippen LogP contribution in [0.5, 0.6) is 0 Å². The third-order valence-corrected chi connectivity index (χ3v) is 5.83. The van der Waals surface area contributed by atoms with E-state index in [-0.39, 0.29) is 24.0 Å². The molecule has 3 heterocycles. The smallest absolute Gasteiger partial charge is 0.251 e. The molecule has 0 aromatic carbocycles. The highest BCUT2D eigenvalue weighted by Crippen LogP contribution is 2.38. The summed E-state index contributed by atoms with van der Waals surface area (Å²) >= 11 is 0. The molecule has 0 saturated carbocycles. The number of aromatic nitrogens is 1. The predicted molar refractivity (Wildman–Crippen MR) is 105 cm³/mol. The third-order valence-electron chi connectivity index (χ3n) is 5.83. The molecule has 1 atom stereocenters. The maximum absolute atomic E-state index is 12.1. The zero-order valence-electron chi connectivity index (χ0n) is 16.7. The molecule has 2 fully saturated rings. The molecule has 154 valence electrons. The Bertz CT molecular complexity index is 644. The van der Waals surface area contributed by atoms with Crippen LogP contribution in [0.2, 0.25) is 0 Å². The summed E-state index contributed by atoms with van der Waals surface area (Å²) in [4.78, 5) is 30.1. The van der Waals surface area contributed by atoms with Crippen molar-refractivity contribution in [2.45, 2.75) is 44.6 Å². The van der Waals surface area contributed by atoms with Crippen LogP contribution in [0.1, 0.15) is 49.4 Å². The van der Waals surface area contributed by atoms with Gasteiger partial charge >= 0.3 is 0 Å².